The molecule has 0 fully saturated rings. The zero-order chi connectivity index (χ0) is 29.6. The van der Waals surface area contributed by atoms with E-state index >= 15 is 0 Å². The first kappa shape index (κ1) is 31.2. The molecule has 0 unspecified atom stereocenters. The molecule has 3 rings (SSSR count). The van der Waals surface area contributed by atoms with Gasteiger partial charge in [-0.3, -0.25) is 4.79 Å². The molecule has 216 valence electrons. The summed E-state index contributed by atoms with van der Waals surface area (Å²) in [6.07, 6.45) is 9.53. The summed E-state index contributed by atoms with van der Waals surface area (Å²) >= 11 is 6.10. The van der Waals surface area contributed by atoms with Gasteiger partial charge in [0.1, 0.15) is 22.9 Å². The standard InChI is InChI=1S/C31H33ClN2O7/c1-40-23-12-9-21(10-13-23)8-6-4-2-3-5-7-19-41-28-17-15-26(33-25(28)16-18-29(35)36)30(37)34-27-20-22(31(38)39)11-14-24(27)32/h9-18,20H,2-8,19H2,1H3,(H,34,37)(H,35,36)(H,38,39)/b18-16+. The van der Waals surface area contributed by atoms with Crippen LogP contribution in [0.15, 0.2) is 60.7 Å². The molecule has 0 radical (unpaired) electrons. The van der Waals surface area contributed by atoms with Crippen LogP contribution in [0.1, 0.15) is 70.6 Å². The van der Waals surface area contributed by atoms with E-state index in [2.05, 4.69) is 22.4 Å². The molecule has 1 aromatic heterocycles. The third-order valence-corrected chi connectivity index (χ3v) is 6.57. The topological polar surface area (TPSA) is 135 Å². The van der Waals surface area contributed by atoms with E-state index in [0.29, 0.717) is 12.4 Å². The number of nitrogens with zero attached hydrogens (tertiary/aromatic N) is 1. The van der Waals surface area contributed by atoms with Crippen LogP contribution in [0, 0.1) is 0 Å². The highest BCUT2D eigenvalue weighted by molar-refractivity contribution is 6.34. The number of aryl methyl sites for hydroxylation is 1. The van der Waals surface area contributed by atoms with Crippen molar-refractivity contribution in [3.8, 4) is 11.5 Å². The summed E-state index contributed by atoms with van der Waals surface area (Å²) in [6, 6.07) is 15.1. The first-order chi connectivity index (χ1) is 19.8. The van der Waals surface area contributed by atoms with Crippen molar-refractivity contribution in [3.63, 3.8) is 0 Å². The molecule has 9 nitrogen and oxygen atoms in total. The van der Waals surface area contributed by atoms with Gasteiger partial charge in [0.15, 0.2) is 0 Å². The lowest BCUT2D eigenvalue weighted by Gasteiger charge is -2.12. The average molecular weight is 581 g/mol. The van der Waals surface area contributed by atoms with Gasteiger partial charge in [0.25, 0.3) is 5.91 Å². The minimum absolute atomic E-state index is 0.0196. The van der Waals surface area contributed by atoms with Gasteiger partial charge in [-0.2, -0.15) is 0 Å². The van der Waals surface area contributed by atoms with E-state index in [-0.39, 0.29) is 27.7 Å². The molecular formula is C31H33ClN2O7. The number of aliphatic carboxylic acids is 1. The van der Waals surface area contributed by atoms with Crippen molar-refractivity contribution in [1.82, 2.24) is 4.98 Å². The van der Waals surface area contributed by atoms with Crippen LogP contribution in [0.4, 0.5) is 5.69 Å². The summed E-state index contributed by atoms with van der Waals surface area (Å²) < 4.78 is 11.0. The Hall–Kier alpha value is -4.37. The van der Waals surface area contributed by atoms with Crippen LogP contribution in [-0.4, -0.2) is 46.8 Å². The predicted molar refractivity (Wildman–Crippen MR) is 157 cm³/mol. The molecule has 1 heterocycles. The molecule has 0 atom stereocenters. The van der Waals surface area contributed by atoms with Crippen LogP contribution in [0.2, 0.25) is 5.02 Å². The van der Waals surface area contributed by atoms with Crippen molar-refractivity contribution in [2.45, 2.75) is 44.9 Å². The Labute approximate surface area is 243 Å². The van der Waals surface area contributed by atoms with E-state index in [1.54, 1.807) is 13.2 Å². The fraction of sp³-hybridized carbons (Fsp3) is 0.290. The number of hydrogen-bond acceptors (Lipinski definition) is 6. The van der Waals surface area contributed by atoms with Gasteiger partial charge in [-0.1, -0.05) is 49.4 Å². The van der Waals surface area contributed by atoms with Crippen molar-refractivity contribution in [3.05, 3.63) is 88.2 Å². The molecule has 1 amide bonds. The van der Waals surface area contributed by atoms with Gasteiger partial charge in [-0.15, -0.1) is 0 Å². The van der Waals surface area contributed by atoms with E-state index in [1.807, 2.05) is 12.1 Å². The smallest absolute Gasteiger partial charge is 0.335 e. The summed E-state index contributed by atoms with van der Waals surface area (Å²) in [4.78, 5) is 39.4. The van der Waals surface area contributed by atoms with E-state index < -0.39 is 17.8 Å². The molecule has 0 spiro atoms. The van der Waals surface area contributed by atoms with Gasteiger partial charge in [0, 0.05) is 6.08 Å². The minimum Gasteiger partial charge on any atom is -0.497 e. The summed E-state index contributed by atoms with van der Waals surface area (Å²) in [6.45, 7) is 0.421. The molecule has 0 bridgehead atoms. The number of aromatic nitrogens is 1. The molecule has 0 saturated carbocycles. The molecule has 3 N–H and O–H groups in total. The van der Waals surface area contributed by atoms with Crippen LogP contribution in [0.25, 0.3) is 6.08 Å². The fourth-order valence-corrected chi connectivity index (χ4v) is 4.20. The van der Waals surface area contributed by atoms with E-state index in [9.17, 15) is 19.5 Å². The molecule has 41 heavy (non-hydrogen) atoms. The Balaban J connectivity index is 1.48. The maximum absolute atomic E-state index is 12.8. The number of pyridine rings is 1. The Morgan fingerprint density at radius 1 is 0.927 bits per heavy atom. The monoisotopic (exact) mass is 580 g/mol. The van der Waals surface area contributed by atoms with Crippen molar-refractivity contribution in [2.24, 2.45) is 0 Å². The average Bonchev–Trinajstić information content (AvgIpc) is 2.96. The summed E-state index contributed by atoms with van der Waals surface area (Å²) in [5.41, 5.74) is 1.54. The third-order valence-electron chi connectivity index (χ3n) is 6.24. The number of halogens is 1. The molecular weight excluding hydrogens is 548 g/mol. The number of nitrogens with one attached hydrogen (secondary N) is 1. The van der Waals surface area contributed by atoms with Crippen molar-refractivity contribution in [2.75, 3.05) is 19.0 Å². The number of methoxy groups -OCH3 is 1. The number of aromatic carboxylic acids is 1. The van der Waals surface area contributed by atoms with Gasteiger partial charge in [-0.05, 0) is 73.4 Å². The molecule has 0 aliphatic carbocycles. The highest BCUT2D eigenvalue weighted by Crippen LogP contribution is 2.25. The van der Waals surface area contributed by atoms with Crippen LogP contribution >= 0.6 is 11.6 Å². The number of carbonyl (C=O) groups excluding carboxylic acids is 1. The largest absolute Gasteiger partial charge is 0.497 e. The minimum atomic E-state index is -1.17. The number of carbonyl (C=O) groups is 3. The quantitative estimate of drug-likeness (QED) is 0.125. The zero-order valence-corrected chi connectivity index (χ0v) is 23.5. The van der Waals surface area contributed by atoms with Gasteiger partial charge in [0.05, 0.1) is 30.0 Å². The molecule has 3 aromatic rings. The highest BCUT2D eigenvalue weighted by Gasteiger charge is 2.15. The third kappa shape index (κ3) is 10.3. The number of anilines is 1. The van der Waals surface area contributed by atoms with Crippen molar-refractivity contribution in [1.29, 1.82) is 0 Å². The van der Waals surface area contributed by atoms with Crippen LogP contribution in [0.5, 0.6) is 11.5 Å². The molecule has 0 aliphatic rings. The zero-order valence-electron chi connectivity index (χ0n) is 22.8. The van der Waals surface area contributed by atoms with Crippen molar-refractivity contribution >= 4 is 41.2 Å². The lowest BCUT2D eigenvalue weighted by atomic mass is 10.0. The normalized spacial score (nSPS) is 10.9. The SMILES string of the molecule is COc1ccc(CCCCCCCCOc2ccc(C(=O)Nc3cc(C(=O)O)ccc3Cl)nc2/C=C/C(=O)O)cc1. The van der Waals surface area contributed by atoms with Crippen LogP contribution in [-0.2, 0) is 11.2 Å². The summed E-state index contributed by atoms with van der Waals surface area (Å²) in [5.74, 6) is -1.76. The number of rotatable bonds is 16. The predicted octanol–water partition coefficient (Wildman–Crippen LogP) is 6.75. The van der Waals surface area contributed by atoms with E-state index in [1.165, 1.54) is 35.9 Å². The summed E-state index contributed by atoms with van der Waals surface area (Å²) in [7, 11) is 1.66. The Kier molecular flexibility index (Phi) is 12.2. The second-order valence-electron chi connectivity index (χ2n) is 9.27. The second kappa shape index (κ2) is 16.0. The molecule has 10 heteroatoms. The Bertz CT molecular complexity index is 1370. The maximum Gasteiger partial charge on any atom is 0.335 e. The number of hydrogen-bond donors (Lipinski definition) is 3. The first-order valence-electron chi connectivity index (χ1n) is 13.3. The number of unbranched alkanes of at least 4 members (excludes halogenated alkanes) is 5. The lowest BCUT2D eigenvalue weighted by Crippen LogP contribution is -2.15. The van der Waals surface area contributed by atoms with Crippen molar-refractivity contribution < 1.29 is 34.1 Å². The molecule has 0 saturated heterocycles. The van der Waals surface area contributed by atoms with Gasteiger partial charge < -0.3 is 25.0 Å². The van der Waals surface area contributed by atoms with E-state index in [4.69, 9.17) is 26.2 Å². The first-order valence-corrected chi connectivity index (χ1v) is 13.7. The van der Waals surface area contributed by atoms with Gasteiger partial charge >= 0.3 is 11.9 Å². The second-order valence-corrected chi connectivity index (χ2v) is 9.68. The van der Waals surface area contributed by atoms with E-state index in [0.717, 1.165) is 56.8 Å². The fourth-order valence-electron chi connectivity index (χ4n) is 4.03. The number of carboxylic acids is 2. The Morgan fingerprint density at radius 3 is 2.32 bits per heavy atom. The Morgan fingerprint density at radius 2 is 1.63 bits per heavy atom. The molecule has 0 aliphatic heterocycles. The van der Waals surface area contributed by atoms with Crippen LogP contribution in [0.3, 0.4) is 0 Å². The number of carboxylic acid groups (broad SMARTS) is 2. The lowest BCUT2D eigenvalue weighted by molar-refractivity contribution is -0.131. The van der Waals surface area contributed by atoms with Gasteiger partial charge in [-0.25, -0.2) is 14.6 Å². The van der Waals surface area contributed by atoms with Gasteiger partial charge in [0.2, 0.25) is 0 Å². The number of benzene rings is 2. The highest BCUT2D eigenvalue weighted by atomic mass is 35.5. The summed E-state index contributed by atoms with van der Waals surface area (Å²) in [5, 5.41) is 20.9. The maximum atomic E-state index is 12.8. The number of ether oxygens (including phenoxy) is 2. The number of amides is 1. The molecule has 2 aromatic carbocycles. The van der Waals surface area contributed by atoms with Crippen LogP contribution < -0.4 is 14.8 Å².